The molecule has 40 heavy (non-hydrogen) atoms. The van der Waals surface area contributed by atoms with E-state index in [2.05, 4.69) is 10.6 Å². The lowest BCUT2D eigenvalue weighted by Crippen LogP contribution is -2.35. The summed E-state index contributed by atoms with van der Waals surface area (Å²) in [5.41, 5.74) is 2.98. The molecule has 0 spiro atoms. The molecule has 0 saturated carbocycles. The minimum Gasteiger partial charge on any atom is -0.465 e. The number of nitrogens with one attached hydrogen (secondary N) is 2. The third-order valence-corrected chi connectivity index (χ3v) is 6.50. The SMILES string of the molecule is COC(=O)c1ccc2c(c1)NC(=O)C2=C(Nc1ccc(N(C)C(=O)CN(C)C)c(F)c1)c1ccc2c(c1)OCO2. The van der Waals surface area contributed by atoms with E-state index in [1.165, 1.54) is 31.2 Å². The molecule has 5 rings (SSSR count). The van der Waals surface area contributed by atoms with Crippen LogP contribution in [0, 0.1) is 5.82 Å². The highest BCUT2D eigenvalue weighted by molar-refractivity contribution is 6.37. The molecule has 3 aromatic carbocycles. The van der Waals surface area contributed by atoms with Crippen molar-refractivity contribution in [1.29, 1.82) is 0 Å². The Morgan fingerprint density at radius 1 is 1.00 bits per heavy atom. The first-order chi connectivity index (χ1) is 19.2. The van der Waals surface area contributed by atoms with E-state index in [1.807, 2.05) is 0 Å². The van der Waals surface area contributed by atoms with Crippen LogP contribution < -0.4 is 25.0 Å². The molecular formula is C29H27FN4O6. The summed E-state index contributed by atoms with van der Waals surface area (Å²) in [7, 11) is 6.31. The molecule has 0 fully saturated rings. The Morgan fingerprint density at radius 2 is 1.75 bits per heavy atom. The van der Waals surface area contributed by atoms with E-state index in [4.69, 9.17) is 14.2 Å². The molecule has 11 heteroatoms. The fraction of sp³-hybridized carbons (Fsp3) is 0.207. The zero-order valence-corrected chi connectivity index (χ0v) is 22.3. The van der Waals surface area contributed by atoms with Gasteiger partial charge in [-0.15, -0.1) is 0 Å². The normalized spacial score (nSPS) is 14.5. The molecule has 0 aromatic heterocycles. The van der Waals surface area contributed by atoms with Crippen molar-refractivity contribution in [3.05, 3.63) is 77.1 Å². The van der Waals surface area contributed by atoms with Crippen LogP contribution in [0.2, 0.25) is 0 Å². The highest BCUT2D eigenvalue weighted by Crippen LogP contribution is 2.41. The molecule has 2 heterocycles. The molecule has 0 saturated heterocycles. The number of nitrogens with zero attached hydrogens (tertiary/aromatic N) is 2. The van der Waals surface area contributed by atoms with Crippen LogP contribution in [0.25, 0.3) is 11.3 Å². The van der Waals surface area contributed by atoms with E-state index in [9.17, 15) is 14.4 Å². The number of rotatable bonds is 7. The molecule has 0 bridgehead atoms. The number of halogens is 1. The predicted molar refractivity (Wildman–Crippen MR) is 148 cm³/mol. The van der Waals surface area contributed by atoms with Crippen LogP contribution in [0.5, 0.6) is 11.5 Å². The fourth-order valence-corrected chi connectivity index (χ4v) is 4.51. The second-order valence-corrected chi connectivity index (χ2v) is 9.51. The molecule has 2 N–H and O–H groups in total. The first kappa shape index (κ1) is 26.7. The summed E-state index contributed by atoms with van der Waals surface area (Å²) >= 11 is 0. The number of ether oxygens (including phenoxy) is 3. The molecule has 0 atom stereocenters. The monoisotopic (exact) mass is 546 g/mol. The van der Waals surface area contributed by atoms with Gasteiger partial charge in [0.15, 0.2) is 11.5 Å². The number of hydrogen-bond donors (Lipinski definition) is 2. The van der Waals surface area contributed by atoms with Gasteiger partial charge in [0.25, 0.3) is 5.91 Å². The molecule has 10 nitrogen and oxygen atoms in total. The largest absolute Gasteiger partial charge is 0.465 e. The summed E-state index contributed by atoms with van der Waals surface area (Å²) in [5.74, 6) is -0.768. The van der Waals surface area contributed by atoms with E-state index in [0.717, 1.165) is 0 Å². The van der Waals surface area contributed by atoms with Gasteiger partial charge in [-0.25, -0.2) is 9.18 Å². The van der Waals surface area contributed by atoms with Gasteiger partial charge >= 0.3 is 5.97 Å². The average Bonchev–Trinajstić information content (AvgIpc) is 3.53. The Bertz CT molecular complexity index is 1570. The van der Waals surface area contributed by atoms with Gasteiger partial charge in [-0.1, -0.05) is 6.07 Å². The van der Waals surface area contributed by atoms with Crippen molar-refractivity contribution in [1.82, 2.24) is 4.90 Å². The van der Waals surface area contributed by atoms with Crippen LogP contribution in [-0.4, -0.2) is 64.3 Å². The second-order valence-electron chi connectivity index (χ2n) is 9.51. The van der Waals surface area contributed by atoms with E-state index in [1.54, 1.807) is 61.5 Å². The predicted octanol–water partition coefficient (Wildman–Crippen LogP) is 3.80. The number of methoxy groups -OCH3 is 1. The lowest BCUT2D eigenvalue weighted by atomic mass is 9.98. The molecular weight excluding hydrogens is 519 g/mol. The van der Waals surface area contributed by atoms with Gasteiger partial charge in [-0.05, 0) is 62.6 Å². The summed E-state index contributed by atoms with van der Waals surface area (Å²) in [4.78, 5) is 40.7. The van der Waals surface area contributed by atoms with Crippen LogP contribution in [0.15, 0.2) is 54.6 Å². The molecule has 2 aliphatic heterocycles. The highest BCUT2D eigenvalue weighted by Gasteiger charge is 2.30. The van der Waals surface area contributed by atoms with Crippen LogP contribution in [0.4, 0.5) is 21.5 Å². The number of carbonyl (C=O) groups is 3. The van der Waals surface area contributed by atoms with Gasteiger partial charge in [0.2, 0.25) is 12.7 Å². The van der Waals surface area contributed by atoms with Crippen molar-refractivity contribution < 1.29 is 33.0 Å². The molecule has 0 aliphatic carbocycles. The second kappa shape index (κ2) is 10.7. The first-order valence-corrected chi connectivity index (χ1v) is 12.3. The minimum atomic E-state index is -0.617. The number of benzene rings is 3. The third-order valence-electron chi connectivity index (χ3n) is 6.50. The number of hydrogen-bond acceptors (Lipinski definition) is 8. The summed E-state index contributed by atoms with van der Waals surface area (Å²) in [5, 5.41) is 5.99. The molecule has 3 aromatic rings. The molecule has 0 unspecified atom stereocenters. The van der Waals surface area contributed by atoms with Gasteiger partial charge in [-0.2, -0.15) is 0 Å². The maximum atomic E-state index is 15.3. The van der Waals surface area contributed by atoms with Gasteiger partial charge in [0, 0.05) is 23.9 Å². The Morgan fingerprint density at radius 3 is 2.48 bits per heavy atom. The van der Waals surface area contributed by atoms with Gasteiger partial charge < -0.3 is 34.6 Å². The number of carbonyl (C=O) groups excluding carboxylic acids is 3. The van der Waals surface area contributed by atoms with Gasteiger partial charge in [0.05, 0.1) is 41.9 Å². The van der Waals surface area contributed by atoms with Gasteiger partial charge in [0.1, 0.15) is 5.82 Å². The van der Waals surface area contributed by atoms with Crippen molar-refractivity contribution in [2.75, 3.05) is 57.1 Å². The van der Waals surface area contributed by atoms with Crippen LogP contribution in [0.1, 0.15) is 21.5 Å². The lowest BCUT2D eigenvalue weighted by molar-refractivity contribution is -0.119. The summed E-state index contributed by atoms with van der Waals surface area (Å²) in [6.45, 7) is 0.201. The zero-order valence-electron chi connectivity index (χ0n) is 22.3. The Labute approximate surface area is 229 Å². The van der Waals surface area contributed by atoms with E-state index < -0.39 is 17.7 Å². The van der Waals surface area contributed by atoms with Crippen molar-refractivity contribution in [3.63, 3.8) is 0 Å². The van der Waals surface area contributed by atoms with Crippen molar-refractivity contribution >= 4 is 46.1 Å². The number of likely N-dealkylation sites (N-methyl/N-ethyl adjacent to an activating group) is 2. The van der Waals surface area contributed by atoms with Crippen LogP contribution in [0.3, 0.4) is 0 Å². The Hall–Kier alpha value is -4.90. The lowest BCUT2D eigenvalue weighted by Gasteiger charge is -2.21. The van der Waals surface area contributed by atoms with Crippen molar-refractivity contribution in [2.45, 2.75) is 0 Å². The molecule has 2 amide bonds. The number of esters is 1. The summed E-state index contributed by atoms with van der Waals surface area (Å²) < 4.78 is 31.0. The van der Waals surface area contributed by atoms with Gasteiger partial charge in [-0.3, -0.25) is 9.59 Å². The van der Waals surface area contributed by atoms with Crippen molar-refractivity contribution in [2.24, 2.45) is 0 Å². The number of amides is 2. The highest BCUT2D eigenvalue weighted by atomic mass is 19.1. The standard InChI is InChI=1S/C29H27FN4O6/c1-33(2)14-25(35)34(3)22-9-7-18(13-20(22)30)31-27(16-6-10-23-24(12-16)40-15-39-23)26-19-8-5-17(29(37)38-4)11-21(19)32-28(26)36/h5-13,31H,14-15H2,1-4H3,(H,32,36). The summed E-state index contributed by atoms with van der Waals surface area (Å²) in [6, 6.07) is 14.4. The zero-order chi connectivity index (χ0) is 28.6. The Kier molecular flexibility index (Phi) is 7.14. The smallest absolute Gasteiger partial charge is 0.337 e. The van der Waals surface area contributed by atoms with Crippen molar-refractivity contribution in [3.8, 4) is 11.5 Å². The summed E-state index contributed by atoms with van der Waals surface area (Å²) in [6.07, 6.45) is 0. The molecule has 0 radical (unpaired) electrons. The average molecular weight is 547 g/mol. The van der Waals surface area contributed by atoms with E-state index >= 15 is 4.39 Å². The number of fused-ring (bicyclic) bond motifs is 2. The number of anilines is 3. The first-order valence-electron chi connectivity index (χ1n) is 12.3. The molecule has 2 aliphatic rings. The maximum Gasteiger partial charge on any atom is 0.337 e. The molecule has 206 valence electrons. The third kappa shape index (κ3) is 5.06. The quantitative estimate of drug-likeness (QED) is 0.340. The van der Waals surface area contributed by atoms with E-state index in [0.29, 0.717) is 39.7 Å². The van der Waals surface area contributed by atoms with E-state index in [-0.39, 0.29) is 36.1 Å². The topological polar surface area (TPSA) is 109 Å². The van der Waals surface area contributed by atoms with Crippen LogP contribution >= 0.6 is 0 Å². The van der Waals surface area contributed by atoms with Crippen LogP contribution in [-0.2, 0) is 14.3 Å². The Balaban J connectivity index is 1.57. The fourth-order valence-electron chi connectivity index (χ4n) is 4.51. The maximum absolute atomic E-state index is 15.3. The minimum absolute atomic E-state index is 0.0739.